The third-order valence-electron chi connectivity index (χ3n) is 2.47. The summed E-state index contributed by atoms with van der Waals surface area (Å²) in [5.74, 6) is 1.39. The van der Waals surface area contributed by atoms with E-state index in [2.05, 4.69) is 10.1 Å². The van der Waals surface area contributed by atoms with Crippen LogP contribution in [-0.2, 0) is 0 Å². The molecule has 0 amide bonds. The Hall–Kier alpha value is -2.08. The monoisotopic (exact) mass is 246 g/mol. The first-order chi connectivity index (χ1) is 8.25. The lowest BCUT2D eigenvalue weighted by molar-refractivity contribution is 0.535. The second-order valence-electron chi connectivity index (χ2n) is 3.57. The summed E-state index contributed by atoms with van der Waals surface area (Å²) in [5, 5.41) is 7.08. The predicted octanol–water partition coefficient (Wildman–Crippen LogP) is 2.48. The molecule has 0 fully saturated rings. The molecule has 0 saturated carbocycles. The van der Waals surface area contributed by atoms with Crippen molar-refractivity contribution in [3.63, 3.8) is 0 Å². The second-order valence-corrected chi connectivity index (χ2v) is 4.44. The predicted molar refractivity (Wildman–Crippen MR) is 66.1 cm³/mol. The first kappa shape index (κ1) is 10.1. The van der Waals surface area contributed by atoms with E-state index in [-0.39, 0.29) is 0 Å². The molecule has 3 heterocycles. The van der Waals surface area contributed by atoms with Gasteiger partial charge in [-0.1, -0.05) is 0 Å². The van der Waals surface area contributed by atoms with Crippen LogP contribution < -0.4 is 5.73 Å². The molecule has 0 atom stereocenters. The Morgan fingerprint density at radius 3 is 3.00 bits per heavy atom. The van der Waals surface area contributed by atoms with Gasteiger partial charge in [0.05, 0.1) is 12.0 Å². The Morgan fingerprint density at radius 2 is 2.35 bits per heavy atom. The highest BCUT2D eigenvalue weighted by Gasteiger charge is 2.13. The molecular formula is C11H10N4OS. The van der Waals surface area contributed by atoms with Crippen molar-refractivity contribution in [3.05, 3.63) is 35.7 Å². The fourth-order valence-electron chi connectivity index (χ4n) is 1.65. The molecule has 0 unspecified atom stereocenters. The van der Waals surface area contributed by atoms with Crippen molar-refractivity contribution in [3.8, 4) is 16.4 Å². The summed E-state index contributed by atoms with van der Waals surface area (Å²) < 4.78 is 6.89. The van der Waals surface area contributed by atoms with E-state index in [1.165, 1.54) is 11.3 Å². The fourth-order valence-corrected chi connectivity index (χ4v) is 2.26. The molecule has 0 radical (unpaired) electrons. The Kier molecular flexibility index (Phi) is 2.22. The zero-order valence-electron chi connectivity index (χ0n) is 9.12. The molecule has 0 aromatic carbocycles. The van der Waals surface area contributed by atoms with E-state index in [4.69, 9.17) is 10.2 Å². The molecule has 0 aliphatic heterocycles. The second kappa shape index (κ2) is 3.74. The first-order valence-corrected chi connectivity index (χ1v) is 5.93. The number of aryl methyl sites for hydroxylation is 1. The van der Waals surface area contributed by atoms with Crippen molar-refractivity contribution >= 4 is 17.2 Å². The number of hydrogen-bond donors (Lipinski definition) is 1. The minimum absolute atomic E-state index is 0.565. The van der Waals surface area contributed by atoms with Gasteiger partial charge < -0.3 is 10.2 Å². The Balaban J connectivity index is 2.11. The molecule has 0 spiro atoms. The van der Waals surface area contributed by atoms with E-state index in [0.717, 1.165) is 22.1 Å². The summed E-state index contributed by atoms with van der Waals surface area (Å²) in [6.07, 6.45) is 3.37. The number of hydrogen-bond acceptors (Lipinski definition) is 5. The van der Waals surface area contributed by atoms with Crippen LogP contribution in [0.4, 0.5) is 5.82 Å². The zero-order chi connectivity index (χ0) is 11.8. The van der Waals surface area contributed by atoms with E-state index < -0.39 is 0 Å². The maximum absolute atomic E-state index is 5.93. The van der Waals surface area contributed by atoms with Crippen LogP contribution in [0, 0.1) is 6.92 Å². The highest BCUT2D eigenvalue weighted by atomic mass is 32.1. The third-order valence-corrected chi connectivity index (χ3v) is 3.22. The van der Waals surface area contributed by atoms with Crippen molar-refractivity contribution < 1.29 is 4.42 Å². The van der Waals surface area contributed by atoms with Gasteiger partial charge >= 0.3 is 0 Å². The smallest absolute Gasteiger partial charge is 0.212 e. The summed E-state index contributed by atoms with van der Waals surface area (Å²) in [7, 11) is 0. The number of nitrogen functional groups attached to an aromatic ring is 1. The molecule has 86 valence electrons. The summed E-state index contributed by atoms with van der Waals surface area (Å²) in [6, 6.07) is 3.70. The summed E-state index contributed by atoms with van der Waals surface area (Å²) in [4.78, 5) is 4.18. The average molecular weight is 246 g/mol. The Bertz CT molecular complexity index is 638. The van der Waals surface area contributed by atoms with Crippen LogP contribution in [0.5, 0.6) is 0 Å². The van der Waals surface area contributed by atoms with Crippen molar-refractivity contribution in [1.29, 1.82) is 0 Å². The van der Waals surface area contributed by atoms with Gasteiger partial charge in [-0.25, -0.2) is 4.98 Å². The van der Waals surface area contributed by atoms with Crippen molar-refractivity contribution in [1.82, 2.24) is 14.8 Å². The molecule has 0 aliphatic rings. The van der Waals surface area contributed by atoms with Gasteiger partial charge in [0.15, 0.2) is 0 Å². The molecule has 6 heteroatoms. The van der Waals surface area contributed by atoms with E-state index >= 15 is 0 Å². The number of anilines is 1. The van der Waals surface area contributed by atoms with E-state index in [0.29, 0.717) is 5.82 Å². The van der Waals surface area contributed by atoms with Crippen LogP contribution >= 0.6 is 11.3 Å². The van der Waals surface area contributed by atoms with Gasteiger partial charge in [0.1, 0.15) is 11.6 Å². The van der Waals surface area contributed by atoms with Gasteiger partial charge in [0.2, 0.25) is 5.13 Å². The first-order valence-electron chi connectivity index (χ1n) is 5.05. The maximum atomic E-state index is 5.93. The van der Waals surface area contributed by atoms with E-state index in [1.54, 1.807) is 17.1 Å². The number of rotatable bonds is 2. The van der Waals surface area contributed by atoms with Crippen LogP contribution in [0.1, 0.15) is 5.76 Å². The van der Waals surface area contributed by atoms with Gasteiger partial charge in [-0.2, -0.15) is 9.78 Å². The number of nitrogens with two attached hydrogens (primary N) is 1. The quantitative estimate of drug-likeness (QED) is 0.754. The molecule has 0 saturated heterocycles. The Morgan fingerprint density at radius 1 is 1.47 bits per heavy atom. The van der Waals surface area contributed by atoms with Crippen molar-refractivity contribution in [2.45, 2.75) is 6.92 Å². The molecular weight excluding hydrogens is 236 g/mol. The van der Waals surface area contributed by atoms with Crippen LogP contribution in [0.2, 0.25) is 0 Å². The molecule has 17 heavy (non-hydrogen) atoms. The molecule has 5 nitrogen and oxygen atoms in total. The van der Waals surface area contributed by atoms with Crippen molar-refractivity contribution in [2.75, 3.05) is 5.73 Å². The number of furan rings is 1. The topological polar surface area (TPSA) is 69.9 Å². The highest BCUT2D eigenvalue weighted by molar-refractivity contribution is 7.12. The molecule has 3 aromatic rings. The standard InChI is InChI=1S/C11H10N4OS/c1-7-8(2-4-16-7)9-6-10(12)15(14-9)11-13-3-5-17-11/h2-6H,12H2,1H3. The Labute approximate surface area is 102 Å². The zero-order valence-corrected chi connectivity index (χ0v) is 9.94. The average Bonchev–Trinajstić information content (AvgIpc) is 2.97. The van der Waals surface area contributed by atoms with Gasteiger partial charge in [0, 0.05) is 23.2 Å². The summed E-state index contributed by atoms with van der Waals surface area (Å²) >= 11 is 1.49. The number of thiazole rings is 1. The van der Waals surface area contributed by atoms with Crippen LogP contribution in [0.3, 0.4) is 0 Å². The van der Waals surface area contributed by atoms with Crippen LogP contribution in [-0.4, -0.2) is 14.8 Å². The minimum Gasteiger partial charge on any atom is -0.469 e. The lowest BCUT2D eigenvalue weighted by atomic mass is 10.2. The third kappa shape index (κ3) is 1.62. The van der Waals surface area contributed by atoms with E-state index in [9.17, 15) is 0 Å². The lowest BCUT2D eigenvalue weighted by Crippen LogP contribution is -2.00. The normalized spacial score (nSPS) is 10.9. The number of nitrogens with zero attached hydrogens (tertiary/aromatic N) is 3. The molecule has 3 rings (SSSR count). The van der Waals surface area contributed by atoms with Gasteiger partial charge in [-0.05, 0) is 13.0 Å². The molecule has 0 bridgehead atoms. The van der Waals surface area contributed by atoms with Crippen molar-refractivity contribution in [2.24, 2.45) is 0 Å². The summed E-state index contributed by atoms with van der Waals surface area (Å²) in [6.45, 7) is 1.90. The van der Waals surface area contributed by atoms with Gasteiger partial charge in [-0.15, -0.1) is 11.3 Å². The molecule has 3 aromatic heterocycles. The SMILES string of the molecule is Cc1occc1-c1cc(N)n(-c2nccs2)n1. The van der Waals surface area contributed by atoms with Gasteiger partial charge in [-0.3, -0.25) is 0 Å². The molecule has 2 N–H and O–H groups in total. The lowest BCUT2D eigenvalue weighted by Gasteiger charge is -1.96. The molecule has 0 aliphatic carbocycles. The minimum atomic E-state index is 0.565. The van der Waals surface area contributed by atoms with Gasteiger partial charge in [0.25, 0.3) is 0 Å². The van der Waals surface area contributed by atoms with Crippen LogP contribution in [0.25, 0.3) is 16.4 Å². The highest BCUT2D eigenvalue weighted by Crippen LogP contribution is 2.26. The number of aromatic nitrogens is 3. The maximum Gasteiger partial charge on any atom is 0.212 e. The fraction of sp³-hybridized carbons (Fsp3) is 0.0909. The summed E-state index contributed by atoms with van der Waals surface area (Å²) in [5.41, 5.74) is 7.67. The largest absolute Gasteiger partial charge is 0.469 e. The van der Waals surface area contributed by atoms with E-state index in [1.807, 2.05) is 24.4 Å². The van der Waals surface area contributed by atoms with Crippen LogP contribution in [0.15, 0.2) is 34.4 Å².